The standard InChI is InChI=1S/C18H17Cl3N2O3S/c1-25-15-7-5-12(10-14(15)21)22-18(27)23-17(24)3-2-8-26-16-6-4-11(19)9-13(16)20/h4-7,9-10H,2-3,8H2,1H3,(H2,22,23,24,27). The molecule has 0 heterocycles. The zero-order valence-corrected chi connectivity index (χ0v) is 17.4. The summed E-state index contributed by atoms with van der Waals surface area (Å²) in [6, 6.07) is 10.1. The fourth-order valence-electron chi connectivity index (χ4n) is 2.10. The van der Waals surface area contributed by atoms with Crippen LogP contribution in [0, 0.1) is 0 Å². The quantitative estimate of drug-likeness (QED) is 0.444. The summed E-state index contributed by atoms with van der Waals surface area (Å²) in [7, 11) is 1.53. The number of rotatable bonds is 7. The van der Waals surface area contributed by atoms with Gasteiger partial charge in [0.2, 0.25) is 5.91 Å². The van der Waals surface area contributed by atoms with Gasteiger partial charge in [-0.15, -0.1) is 0 Å². The summed E-state index contributed by atoms with van der Waals surface area (Å²) in [4.78, 5) is 12.0. The number of halogens is 3. The van der Waals surface area contributed by atoms with Crippen molar-refractivity contribution in [3.05, 3.63) is 51.5 Å². The van der Waals surface area contributed by atoms with Crippen molar-refractivity contribution in [1.29, 1.82) is 0 Å². The van der Waals surface area contributed by atoms with E-state index in [0.29, 0.717) is 45.3 Å². The topological polar surface area (TPSA) is 59.6 Å². The minimum Gasteiger partial charge on any atom is -0.495 e. The number of carbonyl (C=O) groups excluding carboxylic acids is 1. The first-order valence-corrected chi connectivity index (χ1v) is 9.45. The number of methoxy groups -OCH3 is 1. The lowest BCUT2D eigenvalue weighted by Gasteiger charge is -2.11. The Morgan fingerprint density at radius 2 is 1.78 bits per heavy atom. The number of hydrogen-bond acceptors (Lipinski definition) is 4. The van der Waals surface area contributed by atoms with Crippen molar-refractivity contribution in [2.75, 3.05) is 19.0 Å². The van der Waals surface area contributed by atoms with Crippen LogP contribution in [0.4, 0.5) is 5.69 Å². The van der Waals surface area contributed by atoms with E-state index in [1.165, 1.54) is 7.11 Å². The molecule has 9 heteroatoms. The van der Waals surface area contributed by atoms with E-state index in [9.17, 15) is 4.79 Å². The van der Waals surface area contributed by atoms with Crippen LogP contribution in [0.15, 0.2) is 36.4 Å². The first-order chi connectivity index (χ1) is 12.9. The second-order valence-corrected chi connectivity index (χ2v) is 7.04. The van der Waals surface area contributed by atoms with Crippen molar-refractivity contribution in [2.24, 2.45) is 0 Å². The number of carbonyl (C=O) groups is 1. The Morgan fingerprint density at radius 1 is 1.07 bits per heavy atom. The maximum absolute atomic E-state index is 12.0. The molecule has 0 aliphatic rings. The smallest absolute Gasteiger partial charge is 0.226 e. The Kier molecular flexibility index (Phi) is 8.44. The van der Waals surface area contributed by atoms with E-state index in [2.05, 4.69) is 10.6 Å². The van der Waals surface area contributed by atoms with Crippen molar-refractivity contribution in [2.45, 2.75) is 12.8 Å². The van der Waals surface area contributed by atoms with E-state index < -0.39 is 0 Å². The molecule has 0 spiro atoms. The summed E-state index contributed by atoms with van der Waals surface area (Å²) < 4.78 is 10.6. The van der Waals surface area contributed by atoms with E-state index in [1.54, 1.807) is 36.4 Å². The third-order valence-electron chi connectivity index (χ3n) is 3.36. The van der Waals surface area contributed by atoms with E-state index in [0.717, 1.165) is 0 Å². The molecule has 0 unspecified atom stereocenters. The highest BCUT2D eigenvalue weighted by Crippen LogP contribution is 2.28. The van der Waals surface area contributed by atoms with Crippen molar-refractivity contribution < 1.29 is 14.3 Å². The van der Waals surface area contributed by atoms with E-state index in [4.69, 9.17) is 56.5 Å². The summed E-state index contributed by atoms with van der Waals surface area (Å²) in [6.07, 6.45) is 0.748. The molecule has 1 amide bonds. The van der Waals surface area contributed by atoms with Gasteiger partial charge in [0.1, 0.15) is 11.5 Å². The van der Waals surface area contributed by atoms with Crippen LogP contribution in [0.1, 0.15) is 12.8 Å². The lowest BCUT2D eigenvalue weighted by Crippen LogP contribution is -2.34. The number of anilines is 1. The molecular formula is C18H17Cl3N2O3S. The molecule has 0 saturated heterocycles. The number of nitrogens with one attached hydrogen (secondary N) is 2. The number of benzene rings is 2. The van der Waals surface area contributed by atoms with Gasteiger partial charge in [0.25, 0.3) is 0 Å². The van der Waals surface area contributed by atoms with Crippen LogP contribution in [0.2, 0.25) is 15.1 Å². The van der Waals surface area contributed by atoms with Crippen LogP contribution in [-0.4, -0.2) is 24.7 Å². The Morgan fingerprint density at radius 3 is 2.44 bits per heavy atom. The largest absolute Gasteiger partial charge is 0.495 e. The summed E-state index contributed by atoms with van der Waals surface area (Å²) in [5, 5.41) is 7.08. The Bertz CT molecular complexity index is 833. The summed E-state index contributed by atoms with van der Waals surface area (Å²) >= 11 is 23.0. The number of ether oxygens (including phenoxy) is 2. The molecule has 0 atom stereocenters. The van der Waals surface area contributed by atoms with Gasteiger partial charge in [0.15, 0.2) is 5.11 Å². The van der Waals surface area contributed by atoms with Crippen LogP contribution >= 0.6 is 47.0 Å². The molecule has 2 aromatic carbocycles. The van der Waals surface area contributed by atoms with Gasteiger partial charge in [-0.25, -0.2) is 0 Å². The number of hydrogen-bond donors (Lipinski definition) is 2. The first kappa shape index (κ1) is 21.6. The van der Waals surface area contributed by atoms with Crippen molar-refractivity contribution in [3.8, 4) is 11.5 Å². The van der Waals surface area contributed by atoms with Crippen LogP contribution < -0.4 is 20.1 Å². The second kappa shape index (κ2) is 10.6. The average molecular weight is 448 g/mol. The monoisotopic (exact) mass is 446 g/mol. The van der Waals surface area contributed by atoms with E-state index in [1.807, 2.05) is 0 Å². The van der Waals surface area contributed by atoms with Gasteiger partial charge in [0, 0.05) is 17.1 Å². The molecule has 0 aliphatic heterocycles. The van der Waals surface area contributed by atoms with Gasteiger partial charge < -0.3 is 20.1 Å². The predicted molar refractivity (Wildman–Crippen MR) is 114 cm³/mol. The molecule has 0 saturated carbocycles. The number of thiocarbonyl (C=S) groups is 1. The number of amides is 1. The SMILES string of the molecule is COc1ccc(NC(=S)NC(=O)CCCOc2ccc(Cl)cc2Cl)cc1Cl. The molecule has 0 bridgehead atoms. The minimum atomic E-state index is -0.224. The van der Waals surface area contributed by atoms with E-state index in [-0.39, 0.29) is 17.4 Å². The van der Waals surface area contributed by atoms with Gasteiger partial charge in [0.05, 0.1) is 23.8 Å². The van der Waals surface area contributed by atoms with Crippen LogP contribution in [-0.2, 0) is 4.79 Å². The third-order valence-corrected chi connectivity index (χ3v) is 4.39. The molecule has 2 rings (SSSR count). The molecule has 0 aromatic heterocycles. The van der Waals surface area contributed by atoms with Crippen LogP contribution in [0.25, 0.3) is 0 Å². The Hall–Kier alpha value is -1.73. The zero-order chi connectivity index (χ0) is 19.8. The van der Waals surface area contributed by atoms with Gasteiger partial charge in [-0.05, 0) is 55.0 Å². The summed E-state index contributed by atoms with van der Waals surface area (Å²) in [5.41, 5.74) is 0.645. The molecule has 0 aliphatic carbocycles. The summed E-state index contributed by atoms with van der Waals surface area (Å²) in [6.45, 7) is 0.336. The molecule has 2 N–H and O–H groups in total. The molecule has 144 valence electrons. The fraction of sp³-hybridized carbons (Fsp3) is 0.222. The molecule has 5 nitrogen and oxygen atoms in total. The van der Waals surface area contributed by atoms with Gasteiger partial charge in [-0.2, -0.15) is 0 Å². The first-order valence-electron chi connectivity index (χ1n) is 7.91. The zero-order valence-electron chi connectivity index (χ0n) is 14.4. The fourth-order valence-corrected chi connectivity index (χ4v) is 3.06. The molecule has 27 heavy (non-hydrogen) atoms. The normalized spacial score (nSPS) is 10.2. The van der Waals surface area contributed by atoms with Gasteiger partial charge >= 0.3 is 0 Å². The van der Waals surface area contributed by atoms with Crippen molar-refractivity contribution >= 4 is 63.7 Å². The summed E-state index contributed by atoms with van der Waals surface area (Å²) in [5.74, 6) is 0.853. The minimum absolute atomic E-state index is 0.183. The maximum Gasteiger partial charge on any atom is 0.226 e. The van der Waals surface area contributed by atoms with Gasteiger partial charge in [-0.1, -0.05) is 34.8 Å². The predicted octanol–water partition coefficient (Wildman–Crippen LogP) is 5.33. The van der Waals surface area contributed by atoms with Crippen molar-refractivity contribution in [3.63, 3.8) is 0 Å². The highest BCUT2D eigenvalue weighted by molar-refractivity contribution is 7.80. The van der Waals surface area contributed by atoms with Crippen molar-refractivity contribution in [1.82, 2.24) is 5.32 Å². The lowest BCUT2D eigenvalue weighted by atomic mass is 10.3. The Labute approximate surface area is 177 Å². The molecular weight excluding hydrogens is 431 g/mol. The maximum atomic E-state index is 12.0. The Balaban J connectivity index is 1.72. The lowest BCUT2D eigenvalue weighted by molar-refractivity contribution is -0.119. The van der Waals surface area contributed by atoms with Crippen LogP contribution in [0.5, 0.6) is 11.5 Å². The molecule has 0 radical (unpaired) electrons. The van der Waals surface area contributed by atoms with Gasteiger partial charge in [-0.3, -0.25) is 4.79 Å². The highest BCUT2D eigenvalue weighted by Gasteiger charge is 2.08. The average Bonchev–Trinajstić information content (AvgIpc) is 2.60. The van der Waals surface area contributed by atoms with E-state index >= 15 is 0 Å². The van der Waals surface area contributed by atoms with Crippen LogP contribution in [0.3, 0.4) is 0 Å². The second-order valence-electron chi connectivity index (χ2n) is 5.38. The third kappa shape index (κ3) is 7.07. The molecule has 2 aromatic rings. The molecule has 0 fully saturated rings. The highest BCUT2D eigenvalue weighted by atomic mass is 35.5.